The molecular formula is C66H44N2O. The van der Waals surface area contributed by atoms with Crippen molar-refractivity contribution in [3.63, 3.8) is 0 Å². The molecule has 0 aliphatic carbocycles. The van der Waals surface area contributed by atoms with Gasteiger partial charge in [-0.1, -0.05) is 182 Å². The number of fused-ring (bicyclic) bond motifs is 6. The number of hydrogen-bond acceptors (Lipinski definition) is 2. The Hall–Kier alpha value is -9.18. The standard InChI is InChI=1S/C66H44N2O/c1-4-15-45(16-5-1)47-27-34-54(35-28-47)67(55-36-29-48(30-37-55)46-17-6-2-7-18-46)56-22-14-19-51(41-56)57-38-31-49(42-62(57)52-33-40-61-60-24-11-13-26-65(60)69-66(61)44-52)50-32-39-59-58-23-10-12-25-63(58)68(64(59)43-50)53-20-8-3-9-21-53/h1-44H. The van der Waals surface area contributed by atoms with E-state index in [1.165, 1.54) is 44.1 Å². The molecule has 11 aromatic carbocycles. The molecule has 0 amide bonds. The highest BCUT2D eigenvalue weighted by atomic mass is 16.3. The summed E-state index contributed by atoms with van der Waals surface area (Å²) in [5.41, 5.74) is 20.0. The molecule has 324 valence electrons. The van der Waals surface area contributed by atoms with Crippen molar-refractivity contribution in [2.45, 2.75) is 0 Å². The number of benzene rings is 11. The van der Waals surface area contributed by atoms with Crippen molar-refractivity contribution < 1.29 is 4.42 Å². The van der Waals surface area contributed by atoms with Crippen molar-refractivity contribution >= 4 is 60.8 Å². The van der Waals surface area contributed by atoms with Gasteiger partial charge in [-0.2, -0.15) is 0 Å². The smallest absolute Gasteiger partial charge is 0.136 e. The summed E-state index contributed by atoms with van der Waals surface area (Å²) < 4.78 is 8.91. The van der Waals surface area contributed by atoms with Crippen LogP contribution in [0.1, 0.15) is 0 Å². The lowest BCUT2D eigenvalue weighted by Gasteiger charge is -2.27. The summed E-state index contributed by atoms with van der Waals surface area (Å²) in [6.45, 7) is 0. The summed E-state index contributed by atoms with van der Waals surface area (Å²) >= 11 is 0. The molecule has 0 unspecified atom stereocenters. The van der Waals surface area contributed by atoms with E-state index in [1.54, 1.807) is 0 Å². The Morgan fingerprint density at radius 3 is 1.46 bits per heavy atom. The summed E-state index contributed by atoms with van der Waals surface area (Å²) in [6, 6.07) is 96.2. The number of hydrogen-bond donors (Lipinski definition) is 0. The Labute approximate surface area is 401 Å². The average Bonchev–Trinajstić information content (AvgIpc) is 3.97. The third-order valence-corrected chi connectivity index (χ3v) is 13.6. The van der Waals surface area contributed by atoms with E-state index in [4.69, 9.17) is 4.42 Å². The Bertz CT molecular complexity index is 3900. The van der Waals surface area contributed by atoms with Crippen LogP contribution in [0.15, 0.2) is 271 Å². The van der Waals surface area contributed by atoms with Crippen LogP contribution in [0.25, 0.3) is 105 Å². The quantitative estimate of drug-likeness (QED) is 0.144. The molecule has 0 saturated carbocycles. The highest BCUT2D eigenvalue weighted by molar-refractivity contribution is 6.11. The Morgan fingerprint density at radius 2 is 0.754 bits per heavy atom. The van der Waals surface area contributed by atoms with Crippen molar-refractivity contribution in [3.8, 4) is 61.3 Å². The van der Waals surface area contributed by atoms with Crippen molar-refractivity contribution in [2.75, 3.05) is 4.90 Å². The number of rotatable bonds is 9. The van der Waals surface area contributed by atoms with Gasteiger partial charge in [-0.25, -0.2) is 0 Å². The molecule has 0 aliphatic rings. The van der Waals surface area contributed by atoms with E-state index < -0.39 is 0 Å². The van der Waals surface area contributed by atoms with Crippen LogP contribution in [0, 0.1) is 0 Å². The molecule has 13 rings (SSSR count). The van der Waals surface area contributed by atoms with Gasteiger partial charge in [0.15, 0.2) is 0 Å². The lowest BCUT2D eigenvalue weighted by atomic mass is 9.90. The van der Waals surface area contributed by atoms with Gasteiger partial charge < -0.3 is 13.9 Å². The molecule has 0 bridgehead atoms. The second-order valence-electron chi connectivity index (χ2n) is 17.7. The first-order chi connectivity index (χ1) is 34.2. The molecular weight excluding hydrogens is 837 g/mol. The van der Waals surface area contributed by atoms with Gasteiger partial charge in [-0.3, -0.25) is 0 Å². The van der Waals surface area contributed by atoms with Crippen LogP contribution >= 0.6 is 0 Å². The van der Waals surface area contributed by atoms with Gasteiger partial charge in [0.05, 0.1) is 11.0 Å². The Kier molecular flexibility index (Phi) is 9.84. The van der Waals surface area contributed by atoms with Gasteiger partial charge in [-0.05, 0) is 141 Å². The fourth-order valence-electron chi connectivity index (χ4n) is 10.2. The van der Waals surface area contributed by atoms with Gasteiger partial charge in [0.2, 0.25) is 0 Å². The second-order valence-corrected chi connectivity index (χ2v) is 17.7. The van der Waals surface area contributed by atoms with E-state index in [2.05, 4.69) is 264 Å². The van der Waals surface area contributed by atoms with Crippen molar-refractivity contribution in [1.29, 1.82) is 0 Å². The zero-order valence-corrected chi connectivity index (χ0v) is 37.7. The molecule has 2 aromatic heterocycles. The molecule has 0 radical (unpaired) electrons. The Balaban J connectivity index is 0.969. The summed E-state index contributed by atoms with van der Waals surface area (Å²) in [5, 5.41) is 4.71. The molecule has 0 aliphatic heterocycles. The average molecular weight is 881 g/mol. The highest BCUT2D eigenvalue weighted by Gasteiger charge is 2.19. The van der Waals surface area contributed by atoms with Crippen LogP contribution in [0.2, 0.25) is 0 Å². The molecule has 0 N–H and O–H groups in total. The van der Waals surface area contributed by atoms with Crippen LogP contribution in [0.4, 0.5) is 17.1 Å². The van der Waals surface area contributed by atoms with Gasteiger partial charge in [-0.15, -0.1) is 0 Å². The predicted molar refractivity (Wildman–Crippen MR) is 290 cm³/mol. The third-order valence-electron chi connectivity index (χ3n) is 13.6. The predicted octanol–water partition coefficient (Wildman–Crippen LogP) is 18.5. The molecule has 2 heterocycles. The molecule has 0 saturated heterocycles. The summed E-state index contributed by atoms with van der Waals surface area (Å²) in [4.78, 5) is 2.36. The van der Waals surface area contributed by atoms with Gasteiger partial charge >= 0.3 is 0 Å². The number of para-hydroxylation sites is 3. The van der Waals surface area contributed by atoms with E-state index in [-0.39, 0.29) is 0 Å². The lowest BCUT2D eigenvalue weighted by Crippen LogP contribution is -2.10. The van der Waals surface area contributed by atoms with Crippen molar-refractivity contribution in [1.82, 2.24) is 4.57 Å². The van der Waals surface area contributed by atoms with Gasteiger partial charge in [0, 0.05) is 44.3 Å². The largest absolute Gasteiger partial charge is 0.456 e. The first-order valence-electron chi connectivity index (χ1n) is 23.6. The fourth-order valence-corrected chi connectivity index (χ4v) is 10.2. The molecule has 3 heteroatoms. The summed E-state index contributed by atoms with van der Waals surface area (Å²) in [7, 11) is 0. The van der Waals surface area contributed by atoms with Crippen LogP contribution in [0.3, 0.4) is 0 Å². The van der Waals surface area contributed by atoms with Crippen LogP contribution in [-0.2, 0) is 0 Å². The Morgan fingerprint density at radius 1 is 0.261 bits per heavy atom. The zero-order valence-electron chi connectivity index (χ0n) is 37.7. The van der Waals surface area contributed by atoms with E-state index >= 15 is 0 Å². The number of nitrogens with zero attached hydrogens (tertiary/aromatic N) is 2. The SMILES string of the molecule is c1ccc(-c2ccc(N(c3ccc(-c4ccccc4)cc3)c3cccc(-c4ccc(-c5ccc6c7ccccc7n(-c7ccccc7)c6c5)cc4-c4ccc5c(c4)oc4ccccc45)c3)cc2)cc1. The lowest BCUT2D eigenvalue weighted by molar-refractivity contribution is 0.669. The first-order valence-corrected chi connectivity index (χ1v) is 23.6. The minimum absolute atomic E-state index is 0.872. The van der Waals surface area contributed by atoms with E-state index in [0.29, 0.717) is 0 Å². The van der Waals surface area contributed by atoms with E-state index in [9.17, 15) is 0 Å². The molecule has 0 atom stereocenters. The number of aromatic nitrogens is 1. The zero-order chi connectivity index (χ0) is 45.7. The highest BCUT2D eigenvalue weighted by Crippen LogP contribution is 2.43. The topological polar surface area (TPSA) is 21.3 Å². The first kappa shape index (κ1) is 40.1. The minimum Gasteiger partial charge on any atom is -0.456 e. The molecule has 3 nitrogen and oxygen atoms in total. The molecule has 13 aromatic rings. The molecule has 69 heavy (non-hydrogen) atoms. The summed E-state index contributed by atoms with van der Waals surface area (Å²) in [5.74, 6) is 0. The molecule has 0 fully saturated rings. The monoisotopic (exact) mass is 880 g/mol. The van der Waals surface area contributed by atoms with Crippen LogP contribution in [-0.4, -0.2) is 4.57 Å². The normalized spacial score (nSPS) is 11.5. The van der Waals surface area contributed by atoms with E-state index in [1.807, 2.05) is 12.1 Å². The number of anilines is 3. The van der Waals surface area contributed by atoms with Gasteiger partial charge in [0.25, 0.3) is 0 Å². The second kappa shape index (κ2) is 16.9. The third kappa shape index (κ3) is 7.25. The summed E-state index contributed by atoms with van der Waals surface area (Å²) in [6.07, 6.45) is 0. The maximum absolute atomic E-state index is 6.52. The minimum atomic E-state index is 0.872. The number of furan rings is 1. The van der Waals surface area contributed by atoms with Crippen LogP contribution in [0.5, 0.6) is 0 Å². The van der Waals surface area contributed by atoms with Crippen LogP contribution < -0.4 is 4.90 Å². The maximum Gasteiger partial charge on any atom is 0.136 e. The fraction of sp³-hybridized carbons (Fsp3) is 0. The van der Waals surface area contributed by atoms with Gasteiger partial charge in [0.1, 0.15) is 11.2 Å². The van der Waals surface area contributed by atoms with E-state index in [0.717, 1.165) is 78.1 Å². The van der Waals surface area contributed by atoms with Crippen molar-refractivity contribution in [2.24, 2.45) is 0 Å². The molecule has 0 spiro atoms. The maximum atomic E-state index is 6.52. The van der Waals surface area contributed by atoms with Crippen molar-refractivity contribution in [3.05, 3.63) is 267 Å².